The number of hydrogen-bond donors (Lipinski definition) is 1. The van der Waals surface area contributed by atoms with E-state index in [0.29, 0.717) is 0 Å². The highest BCUT2D eigenvalue weighted by Crippen LogP contribution is 2.19. The predicted octanol–water partition coefficient (Wildman–Crippen LogP) is 3.87. The van der Waals surface area contributed by atoms with Gasteiger partial charge in [-0.1, -0.05) is 24.6 Å². The molecule has 1 aromatic carbocycles. The van der Waals surface area contributed by atoms with E-state index >= 15 is 0 Å². The molecule has 0 aromatic heterocycles. The van der Waals surface area contributed by atoms with Gasteiger partial charge in [0.25, 0.3) is 0 Å². The molecule has 0 unspecified atom stereocenters. The lowest BCUT2D eigenvalue weighted by molar-refractivity contribution is 0.635. The van der Waals surface area contributed by atoms with Crippen LogP contribution in [0.1, 0.15) is 31.7 Å². The summed E-state index contributed by atoms with van der Waals surface area (Å²) in [6, 6.07) is 8.81. The van der Waals surface area contributed by atoms with Gasteiger partial charge in [0.1, 0.15) is 0 Å². The lowest BCUT2D eigenvalue weighted by Gasteiger charge is -2.03. The number of nitrogens with one attached hydrogen (secondary N) is 1. The second kappa shape index (κ2) is 8.66. The van der Waals surface area contributed by atoms with Gasteiger partial charge in [0.2, 0.25) is 0 Å². The summed E-state index contributed by atoms with van der Waals surface area (Å²) in [6.45, 7) is 6.67. The Morgan fingerprint density at radius 1 is 1.06 bits per heavy atom. The molecule has 16 heavy (non-hydrogen) atoms. The van der Waals surface area contributed by atoms with E-state index in [0.717, 1.165) is 6.54 Å². The highest BCUT2D eigenvalue weighted by Gasteiger charge is 1.94. The van der Waals surface area contributed by atoms with Crippen LogP contribution in [0.5, 0.6) is 0 Å². The molecule has 0 aliphatic rings. The molecular weight excluding hydrogens is 214 g/mol. The second-order valence-electron chi connectivity index (χ2n) is 4.12. The van der Waals surface area contributed by atoms with E-state index in [4.69, 9.17) is 0 Å². The molecule has 0 aliphatic carbocycles. The summed E-state index contributed by atoms with van der Waals surface area (Å²) in [6.07, 6.45) is 3.83. The zero-order valence-electron chi connectivity index (χ0n) is 10.5. The third kappa shape index (κ3) is 6.19. The van der Waals surface area contributed by atoms with Crippen LogP contribution < -0.4 is 5.32 Å². The molecule has 0 bridgehead atoms. The minimum Gasteiger partial charge on any atom is -0.317 e. The van der Waals surface area contributed by atoms with Crippen molar-refractivity contribution in [3.63, 3.8) is 0 Å². The van der Waals surface area contributed by atoms with Gasteiger partial charge in [-0.2, -0.15) is 0 Å². The highest BCUT2D eigenvalue weighted by atomic mass is 32.2. The van der Waals surface area contributed by atoms with E-state index in [-0.39, 0.29) is 0 Å². The van der Waals surface area contributed by atoms with Crippen LogP contribution in [0.25, 0.3) is 0 Å². The molecule has 1 N–H and O–H groups in total. The standard InChI is InChI=1S/C14H23NS/c1-3-10-15-11-4-5-12-16-14-8-6-13(2)7-9-14/h6-9,15H,3-5,10-12H2,1-2H3. The van der Waals surface area contributed by atoms with Crippen LogP contribution >= 0.6 is 11.8 Å². The van der Waals surface area contributed by atoms with E-state index in [2.05, 4.69) is 43.4 Å². The lowest BCUT2D eigenvalue weighted by atomic mass is 10.2. The SMILES string of the molecule is CCCNCCCCSc1ccc(C)cc1. The number of unbranched alkanes of at least 4 members (excludes halogenated alkanes) is 1. The van der Waals surface area contributed by atoms with Gasteiger partial charge in [-0.15, -0.1) is 11.8 Å². The summed E-state index contributed by atoms with van der Waals surface area (Å²) in [4.78, 5) is 1.40. The monoisotopic (exact) mass is 237 g/mol. The van der Waals surface area contributed by atoms with Crippen LogP contribution in [-0.2, 0) is 0 Å². The number of benzene rings is 1. The summed E-state index contributed by atoms with van der Waals surface area (Å²) in [5, 5.41) is 3.43. The Hall–Kier alpha value is -0.470. The summed E-state index contributed by atoms with van der Waals surface area (Å²) in [7, 11) is 0. The van der Waals surface area contributed by atoms with Crippen molar-refractivity contribution in [3.8, 4) is 0 Å². The Labute approximate surface area is 104 Å². The van der Waals surface area contributed by atoms with Gasteiger partial charge in [-0.3, -0.25) is 0 Å². The maximum Gasteiger partial charge on any atom is 0.00721 e. The lowest BCUT2D eigenvalue weighted by Crippen LogP contribution is -2.15. The van der Waals surface area contributed by atoms with Gasteiger partial charge in [0, 0.05) is 4.90 Å². The summed E-state index contributed by atoms with van der Waals surface area (Å²) in [5.41, 5.74) is 1.34. The van der Waals surface area contributed by atoms with Crippen molar-refractivity contribution >= 4 is 11.8 Å². The topological polar surface area (TPSA) is 12.0 Å². The first-order chi connectivity index (χ1) is 7.83. The molecule has 1 rings (SSSR count). The van der Waals surface area contributed by atoms with Crippen molar-refractivity contribution in [3.05, 3.63) is 29.8 Å². The summed E-state index contributed by atoms with van der Waals surface area (Å²) < 4.78 is 0. The maximum absolute atomic E-state index is 3.43. The second-order valence-corrected chi connectivity index (χ2v) is 5.29. The largest absolute Gasteiger partial charge is 0.317 e. The maximum atomic E-state index is 3.43. The molecule has 1 aromatic rings. The molecule has 0 atom stereocenters. The van der Waals surface area contributed by atoms with Crippen LogP contribution in [0.2, 0.25) is 0 Å². The van der Waals surface area contributed by atoms with Crippen LogP contribution in [0, 0.1) is 6.92 Å². The Balaban J connectivity index is 2.01. The minimum atomic E-state index is 1.16. The third-order valence-corrected chi connectivity index (χ3v) is 3.56. The zero-order valence-corrected chi connectivity index (χ0v) is 11.3. The first-order valence-corrected chi connectivity index (χ1v) is 7.21. The molecule has 2 heteroatoms. The van der Waals surface area contributed by atoms with Crippen molar-refractivity contribution in [1.29, 1.82) is 0 Å². The van der Waals surface area contributed by atoms with E-state index in [9.17, 15) is 0 Å². The van der Waals surface area contributed by atoms with Crippen molar-refractivity contribution in [2.45, 2.75) is 38.0 Å². The van der Waals surface area contributed by atoms with E-state index in [1.54, 1.807) is 0 Å². The fourth-order valence-electron chi connectivity index (χ4n) is 1.48. The Kier molecular flexibility index (Phi) is 7.35. The van der Waals surface area contributed by atoms with Gasteiger partial charge in [-0.05, 0) is 57.2 Å². The van der Waals surface area contributed by atoms with Crippen LogP contribution in [0.3, 0.4) is 0 Å². The van der Waals surface area contributed by atoms with Crippen LogP contribution in [-0.4, -0.2) is 18.8 Å². The molecule has 0 radical (unpaired) electrons. The molecule has 0 saturated carbocycles. The van der Waals surface area contributed by atoms with E-state index in [1.807, 2.05) is 11.8 Å². The van der Waals surface area contributed by atoms with Crippen molar-refractivity contribution in [2.75, 3.05) is 18.8 Å². The Morgan fingerprint density at radius 3 is 2.50 bits per heavy atom. The Morgan fingerprint density at radius 2 is 1.81 bits per heavy atom. The summed E-state index contributed by atoms with van der Waals surface area (Å²) in [5.74, 6) is 1.23. The number of aryl methyl sites for hydroxylation is 1. The molecule has 1 nitrogen and oxygen atoms in total. The number of rotatable bonds is 8. The van der Waals surface area contributed by atoms with Crippen LogP contribution in [0.15, 0.2) is 29.2 Å². The van der Waals surface area contributed by atoms with E-state index < -0.39 is 0 Å². The van der Waals surface area contributed by atoms with Crippen molar-refractivity contribution in [1.82, 2.24) is 5.32 Å². The average Bonchev–Trinajstić information content (AvgIpc) is 2.30. The van der Waals surface area contributed by atoms with Gasteiger partial charge < -0.3 is 5.32 Å². The van der Waals surface area contributed by atoms with Gasteiger partial charge in [0.15, 0.2) is 0 Å². The number of thioether (sulfide) groups is 1. The van der Waals surface area contributed by atoms with E-state index in [1.165, 1.54) is 42.0 Å². The molecular formula is C14H23NS. The van der Waals surface area contributed by atoms with Gasteiger partial charge in [-0.25, -0.2) is 0 Å². The van der Waals surface area contributed by atoms with Crippen molar-refractivity contribution in [2.24, 2.45) is 0 Å². The zero-order chi connectivity index (χ0) is 11.6. The smallest absolute Gasteiger partial charge is 0.00721 e. The summed E-state index contributed by atoms with van der Waals surface area (Å²) >= 11 is 1.97. The van der Waals surface area contributed by atoms with Crippen LogP contribution in [0.4, 0.5) is 0 Å². The molecule has 0 heterocycles. The molecule has 0 amide bonds. The normalized spacial score (nSPS) is 10.6. The average molecular weight is 237 g/mol. The molecule has 0 saturated heterocycles. The van der Waals surface area contributed by atoms with Gasteiger partial charge >= 0.3 is 0 Å². The quantitative estimate of drug-likeness (QED) is 0.544. The molecule has 0 spiro atoms. The minimum absolute atomic E-state index is 1.16. The predicted molar refractivity (Wildman–Crippen MR) is 74.3 cm³/mol. The molecule has 0 fully saturated rings. The third-order valence-electron chi connectivity index (χ3n) is 2.46. The molecule has 90 valence electrons. The molecule has 0 aliphatic heterocycles. The van der Waals surface area contributed by atoms with Crippen molar-refractivity contribution < 1.29 is 0 Å². The number of hydrogen-bond acceptors (Lipinski definition) is 2. The fraction of sp³-hybridized carbons (Fsp3) is 0.571. The first-order valence-electron chi connectivity index (χ1n) is 6.23. The Bertz CT molecular complexity index is 269. The fourth-order valence-corrected chi connectivity index (χ4v) is 2.39. The highest BCUT2D eigenvalue weighted by molar-refractivity contribution is 7.99. The van der Waals surface area contributed by atoms with Gasteiger partial charge in [0.05, 0.1) is 0 Å². The first kappa shape index (κ1) is 13.6.